The second-order valence-corrected chi connectivity index (χ2v) is 6.68. The first-order valence-electron chi connectivity index (χ1n) is 9.49. The molecule has 1 amide bonds. The number of aromatic nitrogens is 3. The predicted octanol–water partition coefficient (Wildman–Crippen LogP) is 2.10. The number of rotatable bonds is 5. The van der Waals surface area contributed by atoms with Gasteiger partial charge in [-0.3, -0.25) is 4.79 Å². The second kappa shape index (κ2) is 7.85. The molecule has 1 saturated heterocycles. The third-order valence-corrected chi connectivity index (χ3v) is 4.87. The van der Waals surface area contributed by atoms with Crippen LogP contribution < -0.4 is 20.3 Å². The Morgan fingerprint density at radius 3 is 2.89 bits per heavy atom. The Balaban J connectivity index is 1.61. The first-order valence-corrected chi connectivity index (χ1v) is 9.49. The fourth-order valence-corrected chi connectivity index (χ4v) is 3.40. The number of carbonyl (C=O) groups is 1. The molecule has 8 nitrogen and oxygen atoms in total. The molecule has 3 aromatic rings. The number of piperazine rings is 1. The van der Waals surface area contributed by atoms with Crippen molar-refractivity contribution < 1.29 is 9.53 Å². The molecule has 4 rings (SSSR count). The highest BCUT2D eigenvalue weighted by Gasteiger charge is 2.20. The predicted molar refractivity (Wildman–Crippen MR) is 108 cm³/mol. The van der Waals surface area contributed by atoms with Gasteiger partial charge < -0.3 is 24.7 Å². The van der Waals surface area contributed by atoms with Crippen molar-refractivity contribution in [3.8, 4) is 5.75 Å². The van der Waals surface area contributed by atoms with E-state index in [-0.39, 0.29) is 5.91 Å². The van der Waals surface area contributed by atoms with Crippen molar-refractivity contribution in [2.45, 2.75) is 13.8 Å². The number of anilines is 2. The number of nitrogens with one attached hydrogen (secondary N) is 2. The number of fused-ring (bicyclic) bond motifs is 1. The smallest absolute Gasteiger partial charge is 0.258 e. The minimum atomic E-state index is -0.219. The van der Waals surface area contributed by atoms with Crippen LogP contribution in [0.1, 0.15) is 22.8 Å². The maximum absolute atomic E-state index is 12.7. The zero-order valence-corrected chi connectivity index (χ0v) is 16.1. The summed E-state index contributed by atoms with van der Waals surface area (Å²) in [5.74, 6) is 1.07. The number of amides is 1. The van der Waals surface area contributed by atoms with Crippen molar-refractivity contribution >= 4 is 23.1 Å². The molecule has 0 spiro atoms. The molecule has 2 N–H and O–H groups in total. The fourth-order valence-electron chi connectivity index (χ4n) is 3.40. The van der Waals surface area contributed by atoms with Gasteiger partial charge in [0.1, 0.15) is 11.5 Å². The molecule has 0 radical (unpaired) electrons. The van der Waals surface area contributed by atoms with Gasteiger partial charge in [-0.05, 0) is 26.0 Å². The van der Waals surface area contributed by atoms with Gasteiger partial charge in [-0.2, -0.15) is 0 Å². The molecular weight excluding hydrogens is 356 g/mol. The number of hydrogen-bond acceptors (Lipinski definition) is 6. The van der Waals surface area contributed by atoms with E-state index in [4.69, 9.17) is 4.74 Å². The van der Waals surface area contributed by atoms with Gasteiger partial charge >= 0.3 is 0 Å². The average molecular weight is 380 g/mol. The molecule has 0 saturated carbocycles. The third-order valence-electron chi connectivity index (χ3n) is 4.87. The lowest BCUT2D eigenvalue weighted by Crippen LogP contribution is -2.43. The summed E-state index contributed by atoms with van der Waals surface area (Å²) in [7, 11) is 0. The lowest BCUT2D eigenvalue weighted by Gasteiger charge is -2.31. The Morgan fingerprint density at radius 1 is 1.29 bits per heavy atom. The lowest BCUT2D eigenvalue weighted by molar-refractivity contribution is 0.102. The summed E-state index contributed by atoms with van der Waals surface area (Å²) in [6, 6.07) is 3.57. The summed E-state index contributed by atoms with van der Waals surface area (Å²) in [4.78, 5) is 23.7. The van der Waals surface area contributed by atoms with Gasteiger partial charge in [0.2, 0.25) is 0 Å². The molecule has 146 valence electrons. The van der Waals surface area contributed by atoms with Crippen LogP contribution >= 0.6 is 0 Å². The third kappa shape index (κ3) is 3.50. The van der Waals surface area contributed by atoms with Crippen LogP contribution in [0.25, 0.3) is 5.65 Å². The molecule has 0 unspecified atom stereocenters. The minimum absolute atomic E-state index is 0.219. The molecule has 28 heavy (non-hydrogen) atoms. The van der Waals surface area contributed by atoms with Crippen LogP contribution in [0, 0.1) is 6.92 Å². The quantitative estimate of drug-likeness (QED) is 0.705. The van der Waals surface area contributed by atoms with Crippen LogP contribution in [0.3, 0.4) is 0 Å². The Morgan fingerprint density at radius 2 is 2.11 bits per heavy atom. The van der Waals surface area contributed by atoms with E-state index in [0.717, 1.165) is 48.8 Å². The number of carbonyl (C=O) groups excluding carboxylic acids is 1. The van der Waals surface area contributed by atoms with Gasteiger partial charge in [-0.15, -0.1) is 0 Å². The summed E-state index contributed by atoms with van der Waals surface area (Å²) < 4.78 is 7.74. The van der Waals surface area contributed by atoms with Crippen molar-refractivity contribution in [3.05, 3.63) is 48.0 Å². The van der Waals surface area contributed by atoms with Gasteiger partial charge in [0, 0.05) is 50.3 Å². The zero-order valence-electron chi connectivity index (χ0n) is 16.1. The first kappa shape index (κ1) is 18.2. The highest BCUT2D eigenvalue weighted by Crippen LogP contribution is 2.35. The van der Waals surface area contributed by atoms with E-state index < -0.39 is 0 Å². The van der Waals surface area contributed by atoms with Gasteiger partial charge in [-0.25, -0.2) is 9.97 Å². The zero-order chi connectivity index (χ0) is 19.5. The van der Waals surface area contributed by atoms with E-state index in [0.29, 0.717) is 18.0 Å². The minimum Gasteiger partial charge on any atom is -0.491 e. The Labute approximate surface area is 163 Å². The lowest BCUT2D eigenvalue weighted by atomic mass is 10.2. The molecule has 8 heteroatoms. The van der Waals surface area contributed by atoms with E-state index in [1.165, 1.54) is 0 Å². The highest BCUT2D eigenvalue weighted by molar-refractivity contribution is 6.04. The van der Waals surface area contributed by atoms with Crippen molar-refractivity contribution in [2.75, 3.05) is 43.0 Å². The molecule has 1 aliphatic heterocycles. The maximum Gasteiger partial charge on any atom is 0.258 e. The largest absolute Gasteiger partial charge is 0.491 e. The SMILES string of the molecule is CCOc1c(N2CCNCC2)cnc(NC(=O)c2ccc3nccn3c2)c1C. The number of imidazole rings is 1. The molecule has 0 aliphatic carbocycles. The van der Waals surface area contributed by atoms with Crippen molar-refractivity contribution in [2.24, 2.45) is 0 Å². The van der Waals surface area contributed by atoms with Gasteiger partial charge in [-0.1, -0.05) is 0 Å². The Kier molecular flexibility index (Phi) is 5.12. The monoisotopic (exact) mass is 380 g/mol. The summed E-state index contributed by atoms with van der Waals surface area (Å²) >= 11 is 0. The van der Waals surface area contributed by atoms with Crippen LogP contribution in [0.4, 0.5) is 11.5 Å². The highest BCUT2D eigenvalue weighted by atomic mass is 16.5. The normalized spacial score (nSPS) is 14.3. The number of nitrogens with zero attached hydrogens (tertiary/aromatic N) is 4. The van der Waals surface area contributed by atoms with Crippen LogP contribution in [0.15, 0.2) is 36.9 Å². The van der Waals surface area contributed by atoms with Crippen LogP contribution in [0.2, 0.25) is 0 Å². The van der Waals surface area contributed by atoms with Crippen molar-refractivity contribution in [3.63, 3.8) is 0 Å². The van der Waals surface area contributed by atoms with Crippen LogP contribution in [-0.2, 0) is 0 Å². The van der Waals surface area contributed by atoms with Gasteiger partial charge in [0.15, 0.2) is 5.75 Å². The standard InChI is InChI=1S/C20H24N6O2/c1-3-28-18-14(2)19(23-12-16(18)25-9-6-21-7-10-25)24-20(27)15-4-5-17-22-8-11-26(17)13-15/h4-5,8,11-13,21H,3,6-7,9-10H2,1-2H3,(H,23,24,27). The van der Waals surface area contributed by atoms with Gasteiger partial charge in [0.25, 0.3) is 5.91 Å². The summed E-state index contributed by atoms with van der Waals surface area (Å²) in [6.07, 6.45) is 7.06. The van der Waals surface area contributed by atoms with Gasteiger partial charge in [0.05, 0.1) is 24.1 Å². The van der Waals surface area contributed by atoms with Crippen molar-refractivity contribution in [1.82, 2.24) is 19.7 Å². The van der Waals surface area contributed by atoms with Crippen LogP contribution in [-0.4, -0.2) is 53.1 Å². The number of hydrogen-bond donors (Lipinski definition) is 2. The first-order chi connectivity index (χ1) is 13.7. The molecule has 1 fully saturated rings. The summed E-state index contributed by atoms with van der Waals surface area (Å²) in [6.45, 7) is 8.10. The fraction of sp³-hybridized carbons (Fsp3) is 0.350. The molecule has 0 atom stereocenters. The molecule has 0 aromatic carbocycles. The van der Waals surface area contributed by atoms with Crippen molar-refractivity contribution in [1.29, 1.82) is 0 Å². The molecule has 3 aromatic heterocycles. The maximum atomic E-state index is 12.7. The second-order valence-electron chi connectivity index (χ2n) is 6.68. The summed E-state index contributed by atoms with van der Waals surface area (Å²) in [5, 5.41) is 6.27. The van der Waals surface area contributed by atoms with E-state index in [1.54, 1.807) is 24.7 Å². The van der Waals surface area contributed by atoms with E-state index in [2.05, 4.69) is 25.5 Å². The number of pyridine rings is 2. The molecule has 0 bridgehead atoms. The van der Waals surface area contributed by atoms with E-state index in [9.17, 15) is 4.79 Å². The topological polar surface area (TPSA) is 83.8 Å². The Hall–Kier alpha value is -3.13. The average Bonchev–Trinajstić information content (AvgIpc) is 3.19. The molecule has 1 aliphatic rings. The van der Waals surface area contributed by atoms with E-state index in [1.807, 2.05) is 30.5 Å². The summed E-state index contributed by atoms with van der Waals surface area (Å²) in [5.41, 5.74) is 3.13. The Bertz CT molecular complexity index is 994. The van der Waals surface area contributed by atoms with E-state index >= 15 is 0 Å². The number of ether oxygens (including phenoxy) is 1. The molecule has 4 heterocycles. The molecular formula is C20H24N6O2. The van der Waals surface area contributed by atoms with Crippen LogP contribution in [0.5, 0.6) is 5.75 Å².